The van der Waals surface area contributed by atoms with E-state index in [1.807, 2.05) is 27.7 Å². The first-order valence-corrected chi connectivity index (χ1v) is 9.46. The Hall–Kier alpha value is -2.77. The van der Waals surface area contributed by atoms with Gasteiger partial charge in [0.15, 0.2) is 0 Å². The lowest BCUT2D eigenvalue weighted by atomic mass is 9.84. The van der Waals surface area contributed by atoms with Crippen LogP contribution in [0.15, 0.2) is 24.3 Å². The summed E-state index contributed by atoms with van der Waals surface area (Å²) in [5.41, 5.74) is 3.49. The van der Waals surface area contributed by atoms with E-state index in [0.29, 0.717) is 17.8 Å². The summed E-state index contributed by atoms with van der Waals surface area (Å²) < 4.78 is 14.2. The van der Waals surface area contributed by atoms with E-state index in [4.69, 9.17) is 7.85 Å². The van der Waals surface area contributed by atoms with Crippen LogP contribution in [0.2, 0.25) is 0 Å². The summed E-state index contributed by atoms with van der Waals surface area (Å²) in [5, 5.41) is 1.21. The molecule has 29 heavy (non-hydrogen) atoms. The number of benzene rings is 1. The van der Waals surface area contributed by atoms with E-state index in [1.165, 1.54) is 17.1 Å². The summed E-state index contributed by atoms with van der Waals surface area (Å²) in [6.07, 6.45) is 0.560. The number of nitrogens with one attached hydrogen (secondary N) is 1. The zero-order valence-electron chi connectivity index (χ0n) is 17.7. The standard InChI is InChI=1S/C21H26BFN4O2/c1-7-17(21(4,5)6)27(20(29)18-24-12(2)10-13(3)25-18)26-19(28)15-9-8-14(22)11-16(15)23/h8-11,17H,7H2,1-6H3,(H,26,28)/t17-/m1/s1. The van der Waals surface area contributed by atoms with Crippen LogP contribution in [0.3, 0.4) is 0 Å². The molecular formula is C21H26BFN4O2. The molecule has 152 valence electrons. The van der Waals surface area contributed by atoms with Crippen molar-refractivity contribution in [2.75, 3.05) is 0 Å². The first-order valence-electron chi connectivity index (χ1n) is 9.46. The molecule has 2 aromatic rings. The Morgan fingerprint density at radius 3 is 2.24 bits per heavy atom. The molecule has 2 radical (unpaired) electrons. The normalized spacial score (nSPS) is 12.4. The van der Waals surface area contributed by atoms with Crippen molar-refractivity contribution >= 4 is 25.1 Å². The Kier molecular flexibility index (Phi) is 6.77. The second-order valence-corrected chi connectivity index (χ2v) is 8.12. The summed E-state index contributed by atoms with van der Waals surface area (Å²) in [7, 11) is 5.56. The molecular weight excluding hydrogens is 370 g/mol. The highest BCUT2D eigenvalue weighted by atomic mass is 19.1. The Balaban J connectivity index is 2.47. The summed E-state index contributed by atoms with van der Waals surface area (Å²) in [6.45, 7) is 11.3. The van der Waals surface area contributed by atoms with Crippen LogP contribution in [0.25, 0.3) is 0 Å². The van der Waals surface area contributed by atoms with Crippen LogP contribution in [-0.2, 0) is 0 Å². The van der Waals surface area contributed by atoms with Gasteiger partial charge in [-0.25, -0.2) is 19.4 Å². The molecule has 0 aliphatic rings. The maximum absolute atomic E-state index is 14.2. The van der Waals surface area contributed by atoms with Gasteiger partial charge in [-0.15, -0.1) is 0 Å². The van der Waals surface area contributed by atoms with E-state index in [0.717, 1.165) is 6.07 Å². The SMILES string of the molecule is [B]c1ccc(C(=O)NN(C(=O)c2nc(C)cc(C)n2)[C@H](CC)C(C)(C)C)c(F)c1. The van der Waals surface area contributed by atoms with Crippen molar-refractivity contribution < 1.29 is 14.0 Å². The number of hydrogen-bond donors (Lipinski definition) is 1. The summed E-state index contributed by atoms with van der Waals surface area (Å²) in [4.78, 5) is 34.5. The molecule has 1 atom stereocenters. The lowest BCUT2D eigenvalue weighted by Gasteiger charge is -2.39. The molecule has 0 saturated carbocycles. The van der Waals surface area contributed by atoms with E-state index in [-0.39, 0.29) is 28.3 Å². The van der Waals surface area contributed by atoms with Gasteiger partial charge in [-0.05, 0) is 43.9 Å². The van der Waals surface area contributed by atoms with Gasteiger partial charge in [-0.2, -0.15) is 0 Å². The van der Waals surface area contributed by atoms with Gasteiger partial charge in [-0.3, -0.25) is 15.0 Å². The second-order valence-electron chi connectivity index (χ2n) is 8.12. The average Bonchev–Trinajstić information content (AvgIpc) is 2.58. The third kappa shape index (κ3) is 5.40. The number of halogens is 1. The fourth-order valence-electron chi connectivity index (χ4n) is 3.27. The van der Waals surface area contributed by atoms with Gasteiger partial charge in [0.2, 0.25) is 5.82 Å². The van der Waals surface area contributed by atoms with Crippen LogP contribution in [0.5, 0.6) is 0 Å². The van der Waals surface area contributed by atoms with Gasteiger partial charge in [0.1, 0.15) is 13.7 Å². The maximum Gasteiger partial charge on any atom is 0.310 e. The number of aryl methyl sites for hydroxylation is 2. The maximum atomic E-state index is 14.2. The van der Waals surface area contributed by atoms with E-state index < -0.39 is 17.6 Å². The van der Waals surface area contributed by atoms with Crippen LogP contribution in [0, 0.1) is 25.1 Å². The lowest BCUT2D eigenvalue weighted by molar-refractivity contribution is 0.0273. The number of hydrazine groups is 1. The first kappa shape index (κ1) is 22.5. The van der Waals surface area contributed by atoms with Crippen LogP contribution >= 0.6 is 0 Å². The molecule has 0 aliphatic carbocycles. The summed E-state index contributed by atoms with van der Waals surface area (Å²) >= 11 is 0. The van der Waals surface area contributed by atoms with Crippen molar-refractivity contribution in [3.05, 3.63) is 52.9 Å². The third-order valence-corrected chi connectivity index (χ3v) is 4.55. The largest absolute Gasteiger partial charge is 0.310 e. The van der Waals surface area contributed by atoms with Crippen molar-refractivity contribution in [1.82, 2.24) is 20.4 Å². The number of carbonyl (C=O) groups excluding carboxylic acids is 2. The van der Waals surface area contributed by atoms with E-state index >= 15 is 0 Å². The van der Waals surface area contributed by atoms with E-state index in [2.05, 4.69) is 15.4 Å². The second kappa shape index (κ2) is 8.72. The molecule has 2 rings (SSSR count). The molecule has 2 amide bonds. The fraction of sp³-hybridized carbons (Fsp3) is 0.429. The van der Waals surface area contributed by atoms with Gasteiger partial charge >= 0.3 is 5.91 Å². The van der Waals surface area contributed by atoms with Gasteiger partial charge in [0.05, 0.1) is 11.6 Å². The molecule has 0 saturated heterocycles. The molecule has 1 aromatic heterocycles. The van der Waals surface area contributed by atoms with Crippen molar-refractivity contribution in [1.29, 1.82) is 0 Å². The minimum absolute atomic E-state index is 0.0247. The summed E-state index contributed by atoms with van der Waals surface area (Å²) in [6, 6.07) is 5.16. The third-order valence-electron chi connectivity index (χ3n) is 4.55. The molecule has 0 fully saturated rings. The Bertz CT molecular complexity index is 907. The van der Waals surface area contributed by atoms with Crippen LogP contribution < -0.4 is 10.9 Å². The fourth-order valence-corrected chi connectivity index (χ4v) is 3.27. The number of rotatable bonds is 4. The highest BCUT2D eigenvalue weighted by molar-refractivity contribution is 6.32. The van der Waals surface area contributed by atoms with Gasteiger partial charge in [-0.1, -0.05) is 39.2 Å². The molecule has 0 bridgehead atoms. The number of hydrogen-bond acceptors (Lipinski definition) is 4. The lowest BCUT2D eigenvalue weighted by Crippen LogP contribution is -2.56. The van der Waals surface area contributed by atoms with Gasteiger partial charge in [0.25, 0.3) is 5.91 Å². The topological polar surface area (TPSA) is 75.2 Å². The summed E-state index contributed by atoms with van der Waals surface area (Å²) in [5.74, 6) is -2.09. The molecule has 8 heteroatoms. The molecule has 0 aliphatic heterocycles. The molecule has 0 spiro atoms. The van der Waals surface area contributed by atoms with Gasteiger partial charge < -0.3 is 0 Å². The minimum atomic E-state index is -0.763. The zero-order chi connectivity index (χ0) is 21.9. The van der Waals surface area contributed by atoms with Crippen LogP contribution in [-0.4, -0.2) is 40.7 Å². The quantitative estimate of drug-likeness (QED) is 0.637. The monoisotopic (exact) mass is 396 g/mol. The Morgan fingerprint density at radius 2 is 1.76 bits per heavy atom. The van der Waals surface area contributed by atoms with Crippen molar-refractivity contribution in [3.8, 4) is 0 Å². The molecule has 6 nitrogen and oxygen atoms in total. The zero-order valence-corrected chi connectivity index (χ0v) is 17.7. The van der Waals surface area contributed by atoms with Crippen molar-refractivity contribution in [2.45, 2.75) is 54.0 Å². The van der Waals surface area contributed by atoms with Crippen LogP contribution in [0.4, 0.5) is 4.39 Å². The molecule has 1 N–H and O–H groups in total. The molecule has 1 heterocycles. The Morgan fingerprint density at radius 1 is 1.17 bits per heavy atom. The van der Waals surface area contributed by atoms with Crippen molar-refractivity contribution in [3.63, 3.8) is 0 Å². The predicted octanol–water partition coefficient (Wildman–Crippen LogP) is 2.64. The van der Waals surface area contributed by atoms with Gasteiger partial charge in [0, 0.05) is 11.4 Å². The number of aromatic nitrogens is 2. The highest BCUT2D eigenvalue weighted by Crippen LogP contribution is 2.27. The molecule has 1 aromatic carbocycles. The van der Waals surface area contributed by atoms with Crippen LogP contribution in [0.1, 0.15) is 66.5 Å². The van der Waals surface area contributed by atoms with E-state index in [1.54, 1.807) is 19.9 Å². The molecule has 0 unspecified atom stereocenters. The van der Waals surface area contributed by atoms with E-state index in [9.17, 15) is 14.0 Å². The first-order chi connectivity index (χ1) is 13.4. The Labute approximate surface area is 172 Å². The average molecular weight is 396 g/mol. The smallest absolute Gasteiger partial charge is 0.267 e. The highest BCUT2D eigenvalue weighted by Gasteiger charge is 2.35. The number of carbonyl (C=O) groups is 2. The number of nitrogens with zero attached hydrogens (tertiary/aromatic N) is 3. The number of amides is 2. The minimum Gasteiger partial charge on any atom is -0.267 e. The predicted molar refractivity (Wildman–Crippen MR) is 110 cm³/mol. The van der Waals surface area contributed by atoms with Crippen molar-refractivity contribution in [2.24, 2.45) is 5.41 Å².